The van der Waals surface area contributed by atoms with E-state index in [9.17, 15) is 13.2 Å². The molecule has 1 aliphatic heterocycles. The fourth-order valence-electron chi connectivity index (χ4n) is 3.10. The number of amides is 1. The summed E-state index contributed by atoms with van der Waals surface area (Å²) in [7, 11) is -1.86. The van der Waals surface area contributed by atoms with Gasteiger partial charge < -0.3 is 10.1 Å². The average molecular weight is 383 g/mol. The van der Waals surface area contributed by atoms with Gasteiger partial charge in [0.15, 0.2) is 0 Å². The first-order valence-corrected chi connectivity index (χ1v) is 10.7. The second-order valence-corrected chi connectivity index (χ2v) is 8.98. The van der Waals surface area contributed by atoms with E-state index in [0.29, 0.717) is 49.9 Å². The van der Waals surface area contributed by atoms with Crippen LogP contribution < -0.4 is 5.32 Å². The molecule has 0 radical (unpaired) electrons. The fraction of sp³-hybridized carbons (Fsp3) is 0.632. The van der Waals surface area contributed by atoms with Crippen molar-refractivity contribution in [1.82, 2.24) is 9.62 Å². The number of methoxy groups -OCH3 is 1. The highest BCUT2D eigenvalue weighted by atomic mass is 32.2. The first-order chi connectivity index (χ1) is 12.4. The topological polar surface area (TPSA) is 75.7 Å². The lowest BCUT2D eigenvalue weighted by Gasteiger charge is -2.30. The van der Waals surface area contributed by atoms with Gasteiger partial charge in [0.2, 0.25) is 15.9 Å². The van der Waals surface area contributed by atoms with Crippen LogP contribution in [0.15, 0.2) is 29.2 Å². The van der Waals surface area contributed by atoms with E-state index in [4.69, 9.17) is 4.74 Å². The molecule has 0 aliphatic carbocycles. The Labute approximate surface area is 157 Å². The molecule has 0 bridgehead atoms. The minimum Gasteiger partial charge on any atom is -0.385 e. The monoisotopic (exact) mass is 382 g/mol. The van der Waals surface area contributed by atoms with Crippen molar-refractivity contribution in [2.45, 2.75) is 43.9 Å². The van der Waals surface area contributed by atoms with E-state index in [1.165, 1.54) is 4.31 Å². The van der Waals surface area contributed by atoms with Crippen LogP contribution in [-0.2, 0) is 19.6 Å². The van der Waals surface area contributed by atoms with Crippen LogP contribution in [0.4, 0.5) is 0 Å². The van der Waals surface area contributed by atoms with Crippen LogP contribution in [0.1, 0.15) is 44.6 Å². The van der Waals surface area contributed by atoms with Crippen molar-refractivity contribution in [3.63, 3.8) is 0 Å². The molecule has 0 spiro atoms. The molecule has 1 saturated heterocycles. The van der Waals surface area contributed by atoms with Gasteiger partial charge in [-0.2, -0.15) is 4.31 Å². The molecule has 0 aromatic heterocycles. The lowest BCUT2D eigenvalue weighted by Crippen LogP contribution is -2.43. The number of hydrogen-bond acceptors (Lipinski definition) is 4. The molecular formula is C19H30N2O4S. The predicted molar refractivity (Wildman–Crippen MR) is 102 cm³/mol. The van der Waals surface area contributed by atoms with E-state index in [1.807, 2.05) is 12.1 Å². The summed E-state index contributed by atoms with van der Waals surface area (Å²) in [5, 5.41) is 2.90. The number of piperidine rings is 1. The molecule has 6 nitrogen and oxygen atoms in total. The quantitative estimate of drug-likeness (QED) is 0.701. The summed E-state index contributed by atoms with van der Waals surface area (Å²) in [6, 6.07) is 7.11. The van der Waals surface area contributed by atoms with Gasteiger partial charge in [-0.3, -0.25) is 4.79 Å². The van der Waals surface area contributed by atoms with E-state index in [0.717, 1.165) is 12.0 Å². The molecule has 1 heterocycles. The molecule has 1 aromatic carbocycles. The largest absolute Gasteiger partial charge is 0.385 e. The van der Waals surface area contributed by atoms with Gasteiger partial charge in [-0.05, 0) is 42.9 Å². The van der Waals surface area contributed by atoms with Gasteiger partial charge in [0.25, 0.3) is 0 Å². The van der Waals surface area contributed by atoms with Crippen molar-refractivity contribution >= 4 is 15.9 Å². The van der Waals surface area contributed by atoms with Crippen molar-refractivity contribution in [3.05, 3.63) is 29.8 Å². The Morgan fingerprint density at radius 1 is 1.23 bits per heavy atom. The Bertz CT molecular complexity index is 678. The van der Waals surface area contributed by atoms with E-state index in [2.05, 4.69) is 19.2 Å². The van der Waals surface area contributed by atoms with Gasteiger partial charge in [0.05, 0.1) is 4.90 Å². The molecule has 2 rings (SSSR count). The Balaban J connectivity index is 1.90. The molecule has 1 fully saturated rings. The van der Waals surface area contributed by atoms with Crippen molar-refractivity contribution < 1.29 is 17.9 Å². The first kappa shape index (κ1) is 20.9. The number of nitrogens with zero attached hydrogens (tertiary/aromatic N) is 1. The third kappa shape index (κ3) is 5.28. The predicted octanol–water partition coefficient (Wildman–Crippen LogP) is 2.36. The SMILES string of the molecule is COCCCNC(=O)C1CCN(S(=O)(=O)c2ccc(C(C)C)cc2)CC1. The smallest absolute Gasteiger partial charge is 0.243 e. The Morgan fingerprint density at radius 2 is 1.85 bits per heavy atom. The number of ether oxygens (including phenoxy) is 1. The second kappa shape index (κ2) is 9.48. The average Bonchev–Trinajstić information content (AvgIpc) is 2.65. The maximum absolute atomic E-state index is 12.8. The lowest BCUT2D eigenvalue weighted by molar-refractivity contribution is -0.126. The highest BCUT2D eigenvalue weighted by molar-refractivity contribution is 7.89. The highest BCUT2D eigenvalue weighted by Gasteiger charge is 2.31. The van der Waals surface area contributed by atoms with Crippen LogP contribution in [0, 0.1) is 5.92 Å². The van der Waals surface area contributed by atoms with E-state index < -0.39 is 10.0 Å². The summed E-state index contributed by atoms with van der Waals surface area (Å²) in [4.78, 5) is 12.5. The zero-order chi connectivity index (χ0) is 19.2. The fourth-order valence-corrected chi connectivity index (χ4v) is 4.57. The van der Waals surface area contributed by atoms with Gasteiger partial charge in [0.1, 0.15) is 0 Å². The lowest BCUT2D eigenvalue weighted by atomic mass is 9.97. The van der Waals surface area contributed by atoms with Gasteiger partial charge in [-0.25, -0.2) is 8.42 Å². The zero-order valence-electron chi connectivity index (χ0n) is 15.9. The van der Waals surface area contributed by atoms with Crippen molar-refractivity contribution in [2.75, 3.05) is 33.4 Å². The maximum atomic E-state index is 12.8. The van der Waals surface area contributed by atoms with Gasteiger partial charge in [-0.15, -0.1) is 0 Å². The van der Waals surface area contributed by atoms with Crippen LogP contribution in [-0.4, -0.2) is 52.0 Å². The third-order valence-electron chi connectivity index (χ3n) is 4.83. The molecule has 1 amide bonds. The number of nitrogens with one attached hydrogen (secondary N) is 1. The Hall–Kier alpha value is -1.44. The second-order valence-electron chi connectivity index (χ2n) is 7.04. The van der Waals surface area contributed by atoms with Crippen LogP contribution >= 0.6 is 0 Å². The van der Waals surface area contributed by atoms with Gasteiger partial charge in [-0.1, -0.05) is 26.0 Å². The number of carbonyl (C=O) groups is 1. The summed E-state index contributed by atoms with van der Waals surface area (Å²) in [5.74, 6) is 0.261. The minimum atomic E-state index is -3.49. The van der Waals surface area contributed by atoms with Crippen LogP contribution in [0.25, 0.3) is 0 Å². The van der Waals surface area contributed by atoms with Crippen LogP contribution in [0.3, 0.4) is 0 Å². The van der Waals surface area contributed by atoms with E-state index in [1.54, 1.807) is 19.2 Å². The molecule has 0 atom stereocenters. The summed E-state index contributed by atoms with van der Waals surface area (Å²) in [6.45, 7) is 6.12. The summed E-state index contributed by atoms with van der Waals surface area (Å²) >= 11 is 0. The van der Waals surface area contributed by atoms with E-state index in [-0.39, 0.29) is 11.8 Å². The molecule has 26 heavy (non-hydrogen) atoms. The zero-order valence-corrected chi connectivity index (χ0v) is 16.7. The van der Waals surface area contributed by atoms with E-state index >= 15 is 0 Å². The number of carbonyl (C=O) groups excluding carboxylic acids is 1. The molecular weight excluding hydrogens is 352 g/mol. The Morgan fingerprint density at radius 3 is 2.38 bits per heavy atom. The molecule has 1 aliphatic rings. The summed E-state index contributed by atoms with van der Waals surface area (Å²) < 4.78 is 32.1. The molecule has 1 aromatic rings. The Kier molecular flexibility index (Phi) is 7.61. The minimum absolute atomic E-state index is 0.0134. The third-order valence-corrected chi connectivity index (χ3v) is 6.75. The maximum Gasteiger partial charge on any atom is 0.243 e. The van der Waals surface area contributed by atoms with Crippen molar-refractivity contribution in [2.24, 2.45) is 5.92 Å². The number of sulfonamides is 1. The standard InChI is InChI=1S/C19H30N2O4S/c1-15(2)16-5-7-18(8-6-16)26(23,24)21-12-9-17(10-13-21)19(22)20-11-4-14-25-3/h5-8,15,17H,4,9-14H2,1-3H3,(H,20,22). The number of benzene rings is 1. The van der Waals surface area contributed by atoms with Crippen LogP contribution in [0.5, 0.6) is 0 Å². The number of rotatable bonds is 8. The normalized spacial score (nSPS) is 16.8. The summed E-state index contributed by atoms with van der Waals surface area (Å²) in [5.41, 5.74) is 1.12. The molecule has 0 saturated carbocycles. The van der Waals surface area contributed by atoms with Gasteiger partial charge >= 0.3 is 0 Å². The summed E-state index contributed by atoms with van der Waals surface area (Å²) in [6.07, 6.45) is 1.89. The molecule has 7 heteroatoms. The molecule has 1 N–H and O–H groups in total. The molecule has 0 unspecified atom stereocenters. The van der Waals surface area contributed by atoms with Gasteiger partial charge in [0, 0.05) is 39.3 Å². The van der Waals surface area contributed by atoms with Crippen LogP contribution in [0.2, 0.25) is 0 Å². The highest BCUT2D eigenvalue weighted by Crippen LogP contribution is 2.25. The first-order valence-electron chi connectivity index (χ1n) is 9.23. The van der Waals surface area contributed by atoms with Crippen molar-refractivity contribution in [1.29, 1.82) is 0 Å². The number of hydrogen-bond donors (Lipinski definition) is 1. The van der Waals surface area contributed by atoms with Crippen molar-refractivity contribution in [3.8, 4) is 0 Å². The molecule has 146 valence electrons.